The summed E-state index contributed by atoms with van der Waals surface area (Å²) in [5, 5.41) is 2.04. The molecule has 2 rings (SSSR count). The van der Waals surface area contributed by atoms with Gasteiger partial charge in [-0.05, 0) is 24.3 Å². The fourth-order valence-electron chi connectivity index (χ4n) is 1.75. The predicted molar refractivity (Wildman–Crippen MR) is 68.9 cm³/mol. The summed E-state index contributed by atoms with van der Waals surface area (Å²) < 4.78 is 11.2. The molecule has 0 amide bonds. The summed E-state index contributed by atoms with van der Waals surface area (Å²) in [7, 11) is 0. The highest BCUT2D eigenvalue weighted by atomic mass is 32.1. The lowest BCUT2D eigenvalue weighted by Gasteiger charge is -2.22. The van der Waals surface area contributed by atoms with Crippen LogP contribution in [0.3, 0.4) is 0 Å². The topological polar surface area (TPSA) is 44.5 Å². The monoisotopic (exact) mass is 251 g/mol. The maximum absolute atomic E-state index is 5.88. The fourth-order valence-corrected chi connectivity index (χ4v) is 2.50. The van der Waals surface area contributed by atoms with E-state index in [9.17, 15) is 0 Å². The van der Waals surface area contributed by atoms with Gasteiger partial charge in [-0.2, -0.15) is 0 Å². The van der Waals surface area contributed by atoms with Crippen molar-refractivity contribution in [1.29, 1.82) is 0 Å². The summed E-state index contributed by atoms with van der Waals surface area (Å²) in [6, 6.07) is 2.02. The van der Waals surface area contributed by atoms with Gasteiger partial charge in [-0.15, -0.1) is 11.3 Å². The second-order valence-corrected chi connectivity index (χ2v) is 4.89. The van der Waals surface area contributed by atoms with Gasteiger partial charge in [0.1, 0.15) is 0 Å². The van der Waals surface area contributed by atoms with Crippen LogP contribution in [0.5, 0.6) is 0 Å². The van der Waals surface area contributed by atoms with Crippen molar-refractivity contribution in [1.82, 2.24) is 0 Å². The molecule has 1 fully saturated rings. The Balaban J connectivity index is 1.87. The summed E-state index contributed by atoms with van der Waals surface area (Å²) in [5.74, 6) is 5.95. The van der Waals surface area contributed by atoms with Crippen LogP contribution in [0.4, 0.5) is 0 Å². The zero-order valence-electron chi connectivity index (χ0n) is 9.78. The Morgan fingerprint density at radius 3 is 3.06 bits per heavy atom. The number of thiophene rings is 1. The zero-order chi connectivity index (χ0) is 11.9. The van der Waals surface area contributed by atoms with Crippen molar-refractivity contribution in [2.24, 2.45) is 5.73 Å². The smallest absolute Gasteiger partial charge is 0.0825 e. The minimum absolute atomic E-state index is 0.334. The number of rotatable bonds is 3. The van der Waals surface area contributed by atoms with Crippen LogP contribution < -0.4 is 5.73 Å². The first-order valence-corrected chi connectivity index (χ1v) is 6.73. The van der Waals surface area contributed by atoms with Crippen LogP contribution in [0, 0.1) is 11.8 Å². The van der Waals surface area contributed by atoms with Crippen LogP contribution >= 0.6 is 11.3 Å². The Kier molecular flexibility index (Phi) is 5.02. The van der Waals surface area contributed by atoms with Crippen molar-refractivity contribution in [3.63, 3.8) is 0 Å². The first-order chi connectivity index (χ1) is 8.40. The molecule has 0 aliphatic carbocycles. The maximum atomic E-state index is 5.88. The predicted octanol–water partition coefficient (Wildman–Crippen LogP) is 1.75. The van der Waals surface area contributed by atoms with Gasteiger partial charge < -0.3 is 15.2 Å². The average Bonchev–Trinajstić information content (AvgIpc) is 2.82. The highest BCUT2D eigenvalue weighted by Crippen LogP contribution is 2.19. The van der Waals surface area contributed by atoms with Crippen molar-refractivity contribution in [2.75, 3.05) is 19.8 Å². The van der Waals surface area contributed by atoms with Gasteiger partial charge >= 0.3 is 0 Å². The van der Waals surface area contributed by atoms with Crippen LogP contribution in [-0.2, 0) is 16.1 Å². The summed E-state index contributed by atoms with van der Waals surface area (Å²) in [4.78, 5) is 1.19. The van der Waals surface area contributed by atoms with Crippen LogP contribution in [-0.4, -0.2) is 25.9 Å². The van der Waals surface area contributed by atoms with Gasteiger partial charge in [0.2, 0.25) is 0 Å². The summed E-state index contributed by atoms with van der Waals surface area (Å²) in [6.45, 7) is 2.68. The molecule has 2 N–H and O–H groups in total. The lowest BCUT2D eigenvalue weighted by Crippen LogP contribution is -2.23. The Labute approximate surface area is 106 Å². The average molecular weight is 251 g/mol. The zero-order valence-corrected chi connectivity index (χ0v) is 10.6. The lowest BCUT2D eigenvalue weighted by molar-refractivity contribution is -0.0383. The number of ether oxygens (including phenoxy) is 2. The molecule has 0 bridgehead atoms. The van der Waals surface area contributed by atoms with E-state index < -0.39 is 0 Å². The molecule has 1 aromatic heterocycles. The molecule has 2 heterocycles. The standard InChI is InChI=1S/C13H17NO2S/c14-6-1-2-11-5-9-17-13(11)10-16-12-3-7-15-8-4-12/h5,9,12H,3-4,6-8,10,14H2. The first kappa shape index (κ1) is 12.6. The normalized spacial score (nSPS) is 16.5. The van der Waals surface area contributed by atoms with E-state index in [0.717, 1.165) is 31.6 Å². The van der Waals surface area contributed by atoms with E-state index >= 15 is 0 Å². The minimum atomic E-state index is 0.334. The maximum Gasteiger partial charge on any atom is 0.0825 e. The third-order valence-electron chi connectivity index (χ3n) is 2.69. The fraction of sp³-hybridized carbons (Fsp3) is 0.538. The van der Waals surface area contributed by atoms with Gasteiger partial charge in [-0.25, -0.2) is 0 Å². The van der Waals surface area contributed by atoms with Crippen molar-refractivity contribution >= 4 is 11.3 Å². The van der Waals surface area contributed by atoms with E-state index in [0.29, 0.717) is 19.3 Å². The third-order valence-corrected chi connectivity index (χ3v) is 3.58. The van der Waals surface area contributed by atoms with Gasteiger partial charge in [0.15, 0.2) is 0 Å². The van der Waals surface area contributed by atoms with E-state index in [2.05, 4.69) is 11.8 Å². The van der Waals surface area contributed by atoms with Crippen molar-refractivity contribution in [3.05, 3.63) is 21.9 Å². The molecule has 1 aliphatic heterocycles. The molecule has 0 atom stereocenters. The molecule has 0 unspecified atom stereocenters. The number of hydrogen-bond acceptors (Lipinski definition) is 4. The van der Waals surface area contributed by atoms with Crippen LogP contribution in [0.15, 0.2) is 11.4 Å². The molecule has 17 heavy (non-hydrogen) atoms. The van der Waals surface area contributed by atoms with Gasteiger partial charge in [0.25, 0.3) is 0 Å². The van der Waals surface area contributed by atoms with E-state index in [1.165, 1.54) is 4.88 Å². The minimum Gasteiger partial charge on any atom is -0.381 e. The molecule has 1 aromatic rings. The van der Waals surface area contributed by atoms with Crippen LogP contribution in [0.2, 0.25) is 0 Å². The van der Waals surface area contributed by atoms with Gasteiger partial charge in [0, 0.05) is 23.7 Å². The molecule has 0 spiro atoms. The molecular weight excluding hydrogens is 234 g/mol. The highest BCUT2D eigenvalue weighted by Gasteiger charge is 2.14. The van der Waals surface area contributed by atoms with E-state index in [4.69, 9.17) is 15.2 Å². The second-order valence-electron chi connectivity index (χ2n) is 3.89. The van der Waals surface area contributed by atoms with Crippen LogP contribution in [0.25, 0.3) is 0 Å². The van der Waals surface area contributed by atoms with Crippen molar-refractivity contribution in [2.45, 2.75) is 25.6 Å². The number of hydrogen-bond donors (Lipinski definition) is 1. The molecule has 0 aromatic carbocycles. The van der Waals surface area contributed by atoms with Crippen molar-refractivity contribution in [3.8, 4) is 11.8 Å². The summed E-state index contributed by atoms with van der Waals surface area (Å²) in [6.07, 6.45) is 2.32. The number of nitrogens with two attached hydrogens (primary N) is 1. The van der Waals surface area contributed by atoms with Crippen LogP contribution in [0.1, 0.15) is 23.3 Å². The highest BCUT2D eigenvalue weighted by molar-refractivity contribution is 7.10. The van der Waals surface area contributed by atoms with Gasteiger partial charge in [-0.3, -0.25) is 0 Å². The van der Waals surface area contributed by atoms with Gasteiger partial charge in [0.05, 0.1) is 19.3 Å². The lowest BCUT2D eigenvalue weighted by atomic mass is 10.1. The molecule has 92 valence electrons. The Morgan fingerprint density at radius 1 is 1.47 bits per heavy atom. The SMILES string of the molecule is NCC#Cc1ccsc1COC1CCOCC1. The molecule has 0 radical (unpaired) electrons. The molecule has 1 aliphatic rings. The molecule has 1 saturated heterocycles. The third kappa shape index (κ3) is 3.83. The largest absolute Gasteiger partial charge is 0.381 e. The van der Waals surface area contributed by atoms with E-state index in [1.807, 2.05) is 11.4 Å². The van der Waals surface area contributed by atoms with Crippen molar-refractivity contribution < 1.29 is 9.47 Å². The summed E-state index contributed by atoms with van der Waals surface area (Å²) >= 11 is 1.69. The van der Waals surface area contributed by atoms with E-state index in [-0.39, 0.29) is 0 Å². The molecule has 4 heteroatoms. The van der Waals surface area contributed by atoms with E-state index in [1.54, 1.807) is 11.3 Å². The second kappa shape index (κ2) is 6.77. The molecule has 0 saturated carbocycles. The van der Waals surface area contributed by atoms with Gasteiger partial charge in [-0.1, -0.05) is 11.8 Å². The first-order valence-electron chi connectivity index (χ1n) is 5.85. The Hall–Kier alpha value is -0.860. The summed E-state index contributed by atoms with van der Waals surface area (Å²) in [5.41, 5.74) is 6.42. The molecular formula is C13H17NO2S. The Morgan fingerprint density at radius 2 is 2.29 bits per heavy atom. The quantitative estimate of drug-likeness (QED) is 0.832. The molecule has 3 nitrogen and oxygen atoms in total. The Bertz CT molecular complexity index is 399.